The normalized spacial score (nSPS) is 21.7. The highest BCUT2D eigenvalue weighted by atomic mass is 79.9. The average Bonchev–Trinajstić information content (AvgIpc) is 2.95. The van der Waals surface area contributed by atoms with Gasteiger partial charge in [-0.15, -0.1) is 0 Å². The minimum absolute atomic E-state index is 0.219. The molecule has 0 spiro atoms. The van der Waals surface area contributed by atoms with E-state index in [-0.39, 0.29) is 12.1 Å². The molecule has 1 aliphatic heterocycles. The largest absolute Gasteiger partial charge is 0.376 e. The van der Waals surface area contributed by atoms with E-state index in [0.717, 1.165) is 30.5 Å². The fourth-order valence-electron chi connectivity index (χ4n) is 2.54. The van der Waals surface area contributed by atoms with E-state index in [0.29, 0.717) is 6.04 Å². The summed E-state index contributed by atoms with van der Waals surface area (Å²) in [6.07, 6.45) is 4.41. The van der Waals surface area contributed by atoms with Gasteiger partial charge in [-0.3, -0.25) is 4.68 Å². The van der Waals surface area contributed by atoms with E-state index in [1.165, 1.54) is 5.69 Å². The smallest absolute Gasteiger partial charge is 0.0786 e. The van der Waals surface area contributed by atoms with Gasteiger partial charge in [0.05, 0.1) is 28.5 Å². The minimum Gasteiger partial charge on any atom is -0.376 e. The maximum Gasteiger partial charge on any atom is 0.0786 e. The van der Waals surface area contributed by atoms with Crippen LogP contribution in [-0.2, 0) is 4.74 Å². The van der Waals surface area contributed by atoms with Crippen molar-refractivity contribution < 1.29 is 4.74 Å². The Labute approximate surface area is 117 Å². The van der Waals surface area contributed by atoms with Crippen LogP contribution in [0.25, 0.3) is 0 Å². The molecule has 4 nitrogen and oxygen atoms in total. The third kappa shape index (κ3) is 2.78. The highest BCUT2D eigenvalue weighted by Gasteiger charge is 2.31. The van der Waals surface area contributed by atoms with E-state index in [4.69, 9.17) is 4.74 Å². The van der Waals surface area contributed by atoms with Crippen LogP contribution in [0, 0.1) is 0 Å². The van der Waals surface area contributed by atoms with Crippen molar-refractivity contribution in [1.82, 2.24) is 15.1 Å². The molecule has 0 bridgehead atoms. The molecular formula is C13H22BrN3O. The summed E-state index contributed by atoms with van der Waals surface area (Å²) in [6, 6.07) is 0.575. The standard InChI is InChI=1S/C13H22BrN3O/c1-4-15-12(11-6-5-7-18-11)13-10(14)8-16-17(13)9(2)3/h8-9,11-12,15H,4-7H2,1-3H3. The lowest BCUT2D eigenvalue weighted by atomic mass is 10.0. The zero-order valence-corrected chi connectivity index (χ0v) is 12.9. The van der Waals surface area contributed by atoms with Crippen molar-refractivity contribution in [3.05, 3.63) is 16.4 Å². The molecule has 0 radical (unpaired) electrons. The van der Waals surface area contributed by atoms with Crippen LogP contribution in [0.3, 0.4) is 0 Å². The Hall–Kier alpha value is -0.390. The SMILES string of the molecule is CCNC(c1c(Br)cnn1C(C)C)C1CCCO1. The monoisotopic (exact) mass is 315 g/mol. The maximum absolute atomic E-state index is 5.86. The van der Waals surface area contributed by atoms with Gasteiger partial charge in [0, 0.05) is 12.6 Å². The number of likely N-dealkylation sites (N-methyl/N-ethyl adjacent to an activating group) is 1. The molecule has 0 aromatic carbocycles. The second-order valence-corrected chi connectivity index (χ2v) is 5.86. The first-order chi connectivity index (χ1) is 8.65. The summed E-state index contributed by atoms with van der Waals surface area (Å²) in [5.41, 5.74) is 1.21. The van der Waals surface area contributed by atoms with E-state index in [9.17, 15) is 0 Å². The maximum atomic E-state index is 5.86. The van der Waals surface area contributed by atoms with Crippen LogP contribution < -0.4 is 5.32 Å². The first-order valence-corrected chi connectivity index (χ1v) is 7.52. The van der Waals surface area contributed by atoms with Gasteiger partial charge in [0.2, 0.25) is 0 Å². The van der Waals surface area contributed by atoms with Gasteiger partial charge in [-0.25, -0.2) is 0 Å². The fraction of sp³-hybridized carbons (Fsp3) is 0.769. The van der Waals surface area contributed by atoms with E-state index in [2.05, 4.69) is 51.8 Å². The summed E-state index contributed by atoms with van der Waals surface area (Å²) < 4.78 is 9.01. The predicted molar refractivity (Wildman–Crippen MR) is 75.7 cm³/mol. The van der Waals surface area contributed by atoms with Crippen molar-refractivity contribution in [2.24, 2.45) is 0 Å². The third-order valence-corrected chi connectivity index (χ3v) is 3.94. The molecule has 0 aliphatic carbocycles. The number of nitrogens with one attached hydrogen (secondary N) is 1. The third-order valence-electron chi connectivity index (χ3n) is 3.33. The molecule has 1 fully saturated rings. The lowest BCUT2D eigenvalue weighted by Crippen LogP contribution is -2.34. The van der Waals surface area contributed by atoms with Crippen molar-refractivity contribution in [2.75, 3.05) is 13.2 Å². The number of rotatable bonds is 5. The lowest BCUT2D eigenvalue weighted by molar-refractivity contribution is 0.0753. The highest BCUT2D eigenvalue weighted by molar-refractivity contribution is 9.10. The van der Waals surface area contributed by atoms with Crippen molar-refractivity contribution in [3.63, 3.8) is 0 Å². The number of hydrogen-bond acceptors (Lipinski definition) is 3. The highest BCUT2D eigenvalue weighted by Crippen LogP contribution is 2.32. The molecule has 1 aromatic rings. The average molecular weight is 316 g/mol. The molecule has 2 rings (SSSR count). The Balaban J connectivity index is 2.31. The van der Waals surface area contributed by atoms with Crippen molar-refractivity contribution >= 4 is 15.9 Å². The summed E-state index contributed by atoms with van der Waals surface area (Å²) in [5, 5.41) is 8.01. The van der Waals surface area contributed by atoms with Crippen LogP contribution in [0.15, 0.2) is 10.7 Å². The topological polar surface area (TPSA) is 39.1 Å². The van der Waals surface area contributed by atoms with Gasteiger partial charge >= 0.3 is 0 Å². The van der Waals surface area contributed by atoms with Crippen molar-refractivity contribution in [1.29, 1.82) is 0 Å². The van der Waals surface area contributed by atoms with Crippen LogP contribution in [0.4, 0.5) is 0 Å². The molecule has 18 heavy (non-hydrogen) atoms. The molecule has 2 atom stereocenters. The second-order valence-electron chi connectivity index (χ2n) is 5.00. The zero-order valence-electron chi connectivity index (χ0n) is 11.3. The lowest BCUT2D eigenvalue weighted by Gasteiger charge is -2.26. The molecule has 1 N–H and O–H groups in total. The summed E-state index contributed by atoms with van der Waals surface area (Å²) in [4.78, 5) is 0. The van der Waals surface area contributed by atoms with E-state index in [1.807, 2.05) is 6.20 Å². The first kappa shape index (κ1) is 14.0. The fourth-order valence-corrected chi connectivity index (χ4v) is 3.06. The number of hydrogen-bond donors (Lipinski definition) is 1. The molecule has 1 aliphatic rings. The number of nitrogens with zero attached hydrogens (tertiary/aromatic N) is 2. The summed E-state index contributed by atoms with van der Waals surface area (Å²) in [6.45, 7) is 8.25. The second kappa shape index (κ2) is 6.17. The Kier molecular flexibility index (Phi) is 4.81. The number of halogens is 1. The number of aromatic nitrogens is 2. The molecule has 1 saturated heterocycles. The molecule has 102 valence electrons. The zero-order chi connectivity index (χ0) is 13.1. The van der Waals surface area contributed by atoms with Crippen LogP contribution in [0.1, 0.15) is 51.4 Å². The van der Waals surface area contributed by atoms with E-state index < -0.39 is 0 Å². The minimum atomic E-state index is 0.219. The van der Waals surface area contributed by atoms with Gasteiger partial charge in [0.15, 0.2) is 0 Å². The molecule has 2 unspecified atom stereocenters. The van der Waals surface area contributed by atoms with Gasteiger partial charge in [-0.05, 0) is 49.2 Å². The van der Waals surface area contributed by atoms with E-state index in [1.54, 1.807) is 0 Å². The molecule has 0 amide bonds. The molecule has 1 aromatic heterocycles. The van der Waals surface area contributed by atoms with Gasteiger partial charge in [0.25, 0.3) is 0 Å². The van der Waals surface area contributed by atoms with Crippen LogP contribution in [0.5, 0.6) is 0 Å². The van der Waals surface area contributed by atoms with Crippen LogP contribution in [0.2, 0.25) is 0 Å². The van der Waals surface area contributed by atoms with Crippen LogP contribution in [-0.4, -0.2) is 29.0 Å². The Bertz CT molecular complexity index is 386. The predicted octanol–water partition coefficient (Wildman–Crippen LogP) is 3.06. The Morgan fingerprint density at radius 3 is 2.94 bits per heavy atom. The van der Waals surface area contributed by atoms with Crippen molar-refractivity contribution in [2.45, 2.75) is 51.8 Å². The van der Waals surface area contributed by atoms with Gasteiger partial charge in [0.1, 0.15) is 0 Å². The molecular weight excluding hydrogens is 294 g/mol. The summed E-state index contributed by atoms with van der Waals surface area (Å²) >= 11 is 3.62. The Morgan fingerprint density at radius 1 is 1.61 bits per heavy atom. The van der Waals surface area contributed by atoms with Crippen molar-refractivity contribution in [3.8, 4) is 0 Å². The summed E-state index contributed by atoms with van der Waals surface area (Å²) in [5.74, 6) is 0. The number of ether oxygens (including phenoxy) is 1. The first-order valence-electron chi connectivity index (χ1n) is 6.73. The summed E-state index contributed by atoms with van der Waals surface area (Å²) in [7, 11) is 0. The van der Waals surface area contributed by atoms with E-state index >= 15 is 0 Å². The quantitative estimate of drug-likeness (QED) is 0.907. The molecule has 2 heterocycles. The van der Waals surface area contributed by atoms with Crippen LogP contribution >= 0.6 is 15.9 Å². The van der Waals surface area contributed by atoms with Gasteiger partial charge in [-0.2, -0.15) is 5.10 Å². The van der Waals surface area contributed by atoms with Gasteiger partial charge in [-0.1, -0.05) is 6.92 Å². The van der Waals surface area contributed by atoms with Gasteiger partial charge < -0.3 is 10.1 Å². The molecule has 0 saturated carbocycles. The molecule has 5 heteroatoms. The Morgan fingerprint density at radius 2 is 2.39 bits per heavy atom.